The molecule has 1 aromatic heterocycles. The molecule has 0 bridgehead atoms. The molecule has 3 aliphatic rings. The number of fused-ring (bicyclic) bond motifs is 1. The third-order valence-electron chi connectivity index (χ3n) is 5.28. The number of hydrogen-bond acceptors (Lipinski definition) is 4. The zero-order chi connectivity index (χ0) is 15.1. The van der Waals surface area contributed by atoms with Gasteiger partial charge in [0.05, 0.1) is 0 Å². The molecule has 120 valence electrons. The number of piperidine rings is 1. The Labute approximate surface area is 130 Å². The van der Waals surface area contributed by atoms with Crippen LogP contribution in [0.1, 0.15) is 49.7 Å². The van der Waals surface area contributed by atoms with Gasteiger partial charge in [0.15, 0.2) is 0 Å². The number of aryl methyl sites for hydroxylation is 1. The molecule has 1 amide bonds. The highest BCUT2D eigenvalue weighted by Crippen LogP contribution is 2.36. The monoisotopic (exact) mass is 304 g/mol. The summed E-state index contributed by atoms with van der Waals surface area (Å²) in [7, 11) is 1.66. The number of ether oxygens (including phenoxy) is 1. The lowest BCUT2D eigenvalue weighted by Crippen LogP contribution is -2.46. The zero-order valence-corrected chi connectivity index (χ0v) is 13.2. The van der Waals surface area contributed by atoms with Gasteiger partial charge in [0.2, 0.25) is 0 Å². The molecule has 1 saturated heterocycles. The summed E-state index contributed by atoms with van der Waals surface area (Å²) in [6, 6.07) is 0. The van der Waals surface area contributed by atoms with Gasteiger partial charge in [-0.25, -0.2) is 0 Å². The molecule has 0 spiro atoms. The highest BCUT2D eigenvalue weighted by Gasteiger charge is 2.40. The predicted octanol–water partition coefficient (Wildman–Crippen LogP) is 1.36. The van der Waals surface area contributed by atoms with Crippen LogP contribution >= 0.6 is 0 Å². The van der Waals surface area contributed by atoms with Gasteiger partial charge in [-0.2, -0.15) is 0 Å². The summed E-state index contributed by atoms with van der Waals surface area (Å²) in [4.78, 5) is 14.7. The van der Waals surface area contributed by atoms with E-state index in [9.17, 15) is 4.79 Å². The fourth-order valence-corrected chi connectivity index (χ4v) is 3.94. The second kappa shape index (κ2) is 5.65. The Hall–Kier alpha value is -1.43. The van der Waals surface area contributed by atoms with Gasteiger partial charge in [-0.15, -0.1) is 10.2 Å². The summed E-state index contributed by atoms with van der Waals surface area (Å²) in [6.45, 7) is 2.65. The van der Waals surface area contributed by atoms with E-state index in [4.69, 9.17) is 4.74 Å². The van der Waals surface area contributed by atoms with Gasteiger partial charge in [0.25, 0.3) is 5.91 Å². The molecule has 3 heterocycles. The van der Waals surface area contributed by atoms with E-state index in [2.05, 4.69) is 14.8 Å². The first-order valence-corrected chi connectivity index (χ1v) is 8.51. The maximum Gasteiger partial charge on any atom is 0.251 e. The van der Waals surface area contributed by atoms with Crippen molar-refractivity contribution in [1.29, 1.82) is 0 Å². The summed E-state index contributed by atoms with van der Waals surface area (Å²) in [5.74, 6) is 3.15. The number of nitrogens with zero attached hydrogens (tertiary/aromatic N) is 4. The number of rotatable bonds is 4. The Morgan fingerprint density at radius 1 is 1.23 bits per heavy atom. The largest absolute Gasteiger partial charge is 0.371 e. The van der Waals surface area contributed by atoms with E-state index in [1.165, 1.54) is 6.42 Å². The van der Waals surface area contributed by atoms with Crippen LogP contribution in [0.2, 0.25) is 0 Å². The van der Waals surface area contributed by atoms with Gasteiger partial charge in [-0.05, 0) is 38.0 Å². The number of aromatic nitrogens is 3. The van der Waals surface area contributed by atoms with Gasteiger partial charge in [-0.1, -0.05) is 0 Å². The second-order valence-electron chi connectivity index (χ2n) is 6.85. The van der Waals surface area contributed by atoms with Crippen molar-refractivity contribution in [3.8, 4) is 0 Å². The van der Waals surface area contributed by atoms with Crippen molar-refractivity contribution in [2.24, 2.45) is 5.92 Å². The topological polar surface area (TPSA) is 60.2 Å². The average Bonchev–Trinajstić information content (AvgIpc) is 3.11. The van der Waals surface area contributed by atoms with Gasteiger partial charge in [-0.3, -0.25) is 4.79 Å². The standard InChI is InChI=1S/C16H24N4O2/c1-22-14(11-6-7-11)16(21)19-8-2-4-12(10-19)15-18-17-13-5-3-9-20(13)15/h11-12,14H,2-10H2,1H3/t12-,14+/m1/s1. The molecule has 0 aromatic carbocycles. The summed E-state index contributed by atoms with van der Waals surface area (Å²) >= 11 is 0. The molecule has 2 atom stereocenters. The molecule has 4 rings (SSSR count). The first kappa shape index (κ1) is 14.2. The lowest BCUT2D eigenvalue weighted by atomic mass is 9.96. The van der Waals surface area contributed by atoms with E-state index >= 15 is 0 Å². The third kappa shape index (κ3) is 2.43. The van der Waals surface area contributed by atoms with Crippen molar-refractivity contribution in [2.75, 3.05) is 20.2 Å². The summed E-state index contributed by atoms with van der Waals surface area (Å²) < 4.78 is 7.74. The lowest BCUT2D eigenvalue weighted by Gasteiger charge is -2.34. The van der Waals surface area contributed by atoms with Gasteiger partial charge < -0.3 is 14.2 Å². The van der Waals surface area contributed by atoms with E-state index in [0.717, 1.165) is 63.4 Å². The Bertz CT molecular complexity index is 566. The number of carbonyl (C=O) groups excluding carboxylic acids is 1. The van der Waals surface area contributed by atoms with Crippen molar-refractivity contribution >= 4 is 5.91 Å². The maximum absolute atomic E-state index is 12.7. The molecule has 22 heavy (non-hydrogen) atoms. The summed E-state index contributed by atoms with van der Waals surface area (Å²) in [5.41, 5.74) is 0. The quantitative estimate of drug-likeness (QED) is 0.842. The van der Waals surface area contributed by atoms with Crippen molar-refractivity contribution in [2.45, 2.75) is 57.1 Å². The Kier molecular flexibility index (Phi) is 3.64. The molecule has 0 radical (unpaired) electrons. The van der Waals surface area contributed by atoms with Crippen molar-refractivity contribution < 1.29 is 9.53 Å². The van der Waals surface area contributed by atoms with Crippen LogP contribution < -0.4 is 0 Å². The minimum absolute atomic E-state index is 0.177. The average molecular weight is 304 g/mol. The molecule has 1 saturated carbocycles. The third-order valence-corrected chi connectivity index (χ3v) is 5.28. The Balaban J connectivity index is 1.48. The molecule has 2 aliphatic heterocycles. The van der Waals surface area contributed by atoms with Crippen LogP contribution in [-0.4, -0.2) is 51.9 Å². The number of amides is 1. The Morgan fingerprint density at radius 3 is 2.86 bits per heavy atom. The predicted molar refractivity (Wildman–Crippen MR) is 80.4 cm³/mol. The van der Waals surface area contributed by atoms with Crippen molar-refractivity contribution in [1.82, 2.24) is 19.7 Å². The SMILES string of the molecule is CO[C@H](C(=O)N1CCC[C@@H](c2nnc3n2CCC3)C1)C1CC1. The van der Waals surface area contributed by atoms with Crippen molar-refractivity contribution in [3.63, 3.8) is 0 Å². The maximum atomic E-state index is 12.7. The highest BCUT2D eigenvalue weighted by atomic mass is 16.5. The first-order valence-electron chi connectivity index (χ1n) is 8.51. The molecule has 0 unspecified atom stereocenters. The molecular weight excluding hydrogens is 280 g/mol. The Morgan fingerprint density at radius 2 is 2.09 bits per heavy atom. The molecule has 1 aromatic rings. The summed E-state index contributed by atoms with van der Waals surface area (Å²) in [5, 5.41) is 8.73. The number of hydrogen-bond donors (Lipinski definition) is 0. The lowest BCUT2D eigenvalue weighted by molar-refractivity contribution is -0.144. The molecule has 1 aliphatic carbocycles. The van der Waals surface area contributed by atoms with Crippen LogP contribution in [0.4, 0.5) is 0 Å². The fourth-order valence-electron chi connectivity index (χ4n) is 3.94. The van der Waals surface area contributed by atoms with Gasteiger partial charge >= 0.3 is 0 Å². The van der Waals surface area contributed by atoms with E-state index in [1.54, 1.807) is 7.11 Å². The van der Waals surface area contributed by atoms with Crippen LogP contribution in [0.5, 0.6) is 0 Å². The smallest absolute Gasteiger partial charge is 0.251 e. The highest BCUT2D eigenvalue weighted by molar-refractivity contribution is 5.81. The minimum Gasteiger partial charge on any atom is -0.371 e. The molecule has 6 nitrogen and oxygen atoms in total. The number of likely N-dealkylation sites (tertiary alicyclic amines) is 1. The molecule has 0 N–H and O–H groups in total. The van der Waals surface area contributed by atoms with Crippen LogP contribution in [0.25, 0.3) is 0 Å². The molecular formula is C16H24N4O2. The van der Waals surface area contributed by atoms with Gasteiger partial charge in [0, 0.05) is 39.1 Å². The summed E-state index contributed by atoms with van der Waals surface area (Å²) in [6.07, 6.45) is 6.36. The number of methoxy groups -OCH3 is 1. The van der Waals surface area contributed by atoms with E-state index < -0.39 is 0 Å². The van der Waals surface area contributed by atoms with E-state index in [1.807, 2.05) is 4.90 Å². The molecule has 6 heteroatoms. The van der Waals surface area contributed by atoms with Crippen LogP contribution in [0, 0.1) is 5.92 Å². The number of carbonyl (C=O) groups is 1. The second-order valence-corrected chi connectivity index (χ2v) is 6.85. The van der Waals surface area contributed by atoms with Crippen LogP contribution in [-0.2, 0) is 22.5 Å². The minimum atomic E-state index is -0.233. The normalized spacial score (nSPS) is 26.0. The van der Waals surface area contributed by atoms with Crippen LogP contribution in [0.3, 0.4) is 0 Å². The zero-order valence-electron chi connectivity index (χ0n) is 13.2. The van der Waals surface area contributed by atoms with Crippen molar-refractivity contribution in [3.05, 3.63) is 11.6 Å². The first-order chi connectivity index (χ1) is 10.8. The fraction of sp³-hybridized carbons (Fsp3) is 0.812. The van der Waals surface area contributed by atoms with Gasteiger partial charge in [0.1, 0.15) is 17.8 Å². The van der Waals surface area contributed by atoms with E-state index in [-0.39, 0.29) is 12.0 Å². The molecule has 2 fully saturated rings. The van der Waals surface area contributed by atoms with E-state index in [0.29, 0.717) is 11.8 Å². The van der Waals surface area contributed by atoms with Crippen LogP contribution in [0.15, 0.2) is 0 Å².